The van der Waals surface area contributed by atoms with Crippen molar-refractivity contribution in [1.29, 1.82) is 0 Å². The molecule has 0 spiro atoms. The Morgan fingerprint density at radius 3 is 2.39 bits per heavy atom. The third-order valence-electron chi connectivity index (χ3n) is 7.28. The second kappa shape index (κ2) is 9.95. The number of imide groups is 1. The number of anilines is 1. The summed E-state index contributed by atoms with van der Waals surface area (Å²) in [6.45, 7) is 6.39. The van der Waals surface area contributed by atoms with Gasteiger partial charge in [-0.15, -0.1) is 0 Å². The number of fused-ring (bicyclic) bond motifs is 1. The van der Waals surface area contributed by atoms with Crippen molar-refractivity contribution in [1.82, 2.24) is 25.1 Å². The van der Waals surface area contributed by atoms with Crippen LogP contribution in [0.5, 0.6) is 0 Å². The zero-order chi connectivity index (χ0) is 25.4. The Hall–Kier alpha value is -3.36. The number of hydrazine groups is 1. The lowest BCUT2D eigenvalue weighted by atomic mass is 10.0. The number of likely N-dealkylation sites (tertiary alicyclic amines) is 1. The fourth-order valence-electron chi connectivity index (χ4n) is 5.42. The maximum absolute atomic E-state index is 13.4. The van der Waals surface area contributed by atoms with Crippen LogP contribution in [0, 0.1) is 5.92 Å². The van der Waals surface area contributed by atoms with Gasteiger partial charge in [-0.05, 0) is 55.6 Å². The number of hydrogen-bond donors (Lipinski definition) is 2. The smallest absolute Gasteiger partial charge is 0.328 e. The highest BCUT2D eigenvalue weighted by Crippen LogP contribution is 2.33. The number of nitrogens with zero attached hydrogens (tertiary/aromatic N) is 4. The molecule has 3 amide bonds. The van der Waals surface area contributed by atoms with Gasteiger partial charge in [0, 0.05) is 25.3 Å². The summed E-state index contributed by atoms with van der Waals surface area (Å²) in [6.07, 6.45) is 1.91. The van der Waals surface area contributed by atoms with Crippen molar-refractivity contribution in [2.45, 2.75) is 45.4 Å². The molecule has 3 aliphatic heterocycles. The van der Waals surface area contributed by atoms with Crippen LogP contribution in [0.25, 0.3) is 0 Å². The first kappa shape index (κ1) is 24.3. The van der Waals surface area contributed by atoms with Gasteiger partial charge in [0.15, 0.2) is 0 Å². The molecule has 0 radical (unpaired) electrons. The molecule has 0 saturated carbocycles. The van der Waals surface area contributed by atoms with E-state index in [0.29, 0.717) is 30.5 Å². The van der Waals surface area contributed by atoms with E-state index in [1.807, 2.05) is 35.3 Å². The van der Waals surface area contributed by atoms with Crippen LogP contribution in [0.1, 0.15) is 43.9 Å². The highest BCUT2D eigenvalue weighted by atomic mass is 16.2. The topological polar surface area (TPSA) is 71.2 Å². The zero-order valence-electron chi connectivity index (χ0n) is 21.6. The molecule has 3 heterocycles. The van der Waals surface area contributed by atoms with Crippen molar-refractivity contribution in [3.63, 3.8) is 0 Å². The van der Waals surface area contributed by atoms with Crippen molar-refractivity contribution in [2.75, 3.05) is 32.5 Å². The van der Waals surface area contributed by atoms with E-state index in [4.69, 9.17) is 0 Å². The number of urea groups is 1. The number of carbonyl (C=O) groups is 2. The number of amides is 3. The van der Waals surface area contributed by atoms with E-state index in [2.05, 4.69) is 60.8 Å². The van der Waals surface area contributed by atoms with Crippen LogP contribution >= 0.6 is 0 Å². The lowest BCUT2D eigenvalue weighted by Gasteiger charge is -2.38. The molecule has 8 heteroatoms. The molecule has 0 bridgehead atoms. The Balaban J connectivity index is 1.46. The highest BCUT2D eigenvalue weighted by molar-refractivity contribution is 6.08. The predicted molar refractivity (Wildman–Crippen MR) is 140 cm³/mol. The summed E-state index contributed by atoms with van der Waals surface area (Å²) in [6, 6.07) is 18.8. The standard InChI is InChI=1S/C28H36N6O2/c1-19(2)17-33-26-24(27(35)32(4)28(33)36)25(29-22-9-6-5-7-10-22)34(30-26)18-20-12-14-21(15-13-20)23-11-8-16-31(23)3/h5-7,9-10,12-15,19,23,26,29-30H,8,11,16-18H2,1-4H3. The number of nitrogens with one attached hydrogen (secondary N) is 2. The summed E-state index contributed by atoms with van der Waals surface area (Å²) >= 11 is 0. The Morgan fingerprint density at radius 2 is 1.75 bits per heavy atom. The monoisotopic (exact) mass is 488 g/mol. The predicted octanol–water partition coefficient (Wildman–Crippen LogP) is 3.97. The molecule has 0 aromatic heterocycles. The van der Waals surface area contributed by atoms with Gasteiger partial charge >= 0.3 is 6.03 Å². The average Bonchev–Trinajstić information content (AvgIpc) is 3.45. The summed E-state index contributed by atoms with van der Waals surface area (Å²) in [7, 11) is 3.75. The Kier molecular flexibility index (Phi) is 6.73. The van der Waals surface area contributed by atoms with E-state index in [1.54, 1.807) is 11.9 Å². The lowest BCUT2D eigenvalue weighted by Crippen LogP contribution is -2.61. The minimum atomic E-state index is -0.513. The number of rotatable bonds is 7. The highest BCUT2D eigenvalue weighted by Gasteiger charge is 2.48. The van der Waals surface area contributed by atoms with Crippen LogP contribution in [-0.2, 0) is 11.3 Å². The number of hydrogen-bond acceptors (Lipinski definition) is 6. The van der Waals surface area contributed by atoms with Crippen molar-refractivity contribution in [2.24, 2.45) is 5.92 Å². The summed E-state index contributed by atoms with van der Waals surface area (Å²) in [5.41, 5.74) is 7.38. The summed E-state index contributed by atoms with van der Waals surface area (Å²) in [4.78, 5) is 31.8. The fraction of sp³-hybridized carbons (Fsp3) is 0.429. The van der Waals surface area contributed by atoms with Gasteiger partial charge in [-0.25, -0.2) is 10.2 Å². The zero-order valence-corrected chi connectivity index (χ0v) is 21.6. The van der Waals surface area contributed by atoms with Crippen LogP contribution in [0.3, 0.4) is 0 Å². The van der Waals surface area contributed by atoms with Gasteiger partial charge in [0.05, 0.1) is 12.1 Å². The Morgan fingerprint density at radius 1 is 1.03 bits per heavy atom. The largest absolute Gasteiger partial charge is 0.340 e. The SMILES string of the molecule is CC(C)CN1C(=O)N(C)C(=O)C2=C(Nc3ccccc3)N(Cc3ccc(C4CCCN4C)cc3)NC21. The maximum atomic E-state index is 13.4. The molecule has 2 N–H and O–H groups in total. The summed E-state index contributed by atoms with van der Waals surface area (Å²) in [5, 5.41) is 5.44. The second-order valence-corrected chi connectivity index (χ2v) is 10.4. The second-order valence-electron chi connectivity index (χ2n) is 10.4. The number of benzene rings is 2. The third kappa shape index (κ3) is 4.58. The first-order valence-corrected chi connectivity index (χ1v) is 12.8. The van der Waals surface area contributed by atoms with Gasteiger partial charge in [-0.1, -0.05) is 56.3 Å². The third-order valence-corrected chi connectivity index (χ3v) is 7.28. The van der Waals surface area contributed by atoms with E-state index in [0.717, 1.165) is 17.8 Å². The molecular weight excluding hydrogens is 452 g/mol. The molecule has 190 valence electrons. The molecule has 0 aliphatic carbocycles. The Labute approximate surface area is 213 Å². The molecule has 2 unspecified atom stereocenters. The van der Waals surface area contributed by atoms with E-state index < -0.39 is 6.17 Å². The maximum Gasteiger partial charge on any atom is 0.328 e. The van der Waals surface area contributed by atoms with E-state index >= 15 is 0 Å². The lowest BCUT2D eigenvalue weighted by molar-refractivity contribution is -0.126. The molecule has 36 heavy (non-hydrogen) atoms. The summed E-state index contributed by atoms with van der Waals surface area (Å²) in [5.74, 6) is 0.668. The van der Waals surface area contributed by atoms with Crippen LogP contribution in [-0.4, -0.2) is 65.0 Å². The van der Waals surface area contributed by atoms with Gasteiger partial charge in [0.25, 0.3) is 5.91 Å². The van der Waals surface area contributed by atoms with Gasteiger partial charge < -0.3 is 10.2 Å². The van der Waals surface area contributed by atoms with Gasteiger partial charge in [-0.2, -0.15) is 0 Å². The van der Waals surface area contributed by atoms with Crippen molar-refractivity contribution >= 4 is 17.6 Å². The molecule has 2 atom stereocenters. The van der Waals surface area contributed by atoms with Crippen LogP contribution in [0.4, 0.5) is 10.5 Å². The number of carbonyl (C=O) groups excluding carboxylic acids is 2. The quantitative estimate of drug-likeness (QED) is 0.615. The fourth-order valence-corrected chi connectivity index (χ4v) is 5.42. The van der Waals surface area contributed by atoms with Crippen molar-refractivity contribution < 1.29 is 9.59 Å². The molecule has 2 aromatic rings. The van der Waals surface area contributed by atoms with Gasteiger partial charge in [0.1, 0.15) is 12.0 Å². The molecule has 2 saturated heterocycles. The number of para-hydroxylation sites is 1. The van der Waals surface area contributed by atoms with Crippen LogP contribution in [0.15, 0.2) is 66.0 Å². The van der Waals surface area contributed by atoms with Gasteiger partial charge in [-0.3, -0.25) is 19.6 Å². The first-order valence-electron chi connectivity index (χ1n) is 12.8. The average molecular weight is 489 g/mol. The normalized spacial score (nSPS) is 22.8. The van der Waals surface area contributed by atoms with Crippen LogP contribution < -0.4 is 10.7 Å². The van der Waals surface area contributed by atoms with Gasteiger partial charge in [0.2, 0.25) is 0 Å². The van der Waals surface area contributed by atoms with Crippen molar-refractivity contribution in [3.8, 4) is 0 Å². The van der Waals surface area contributed by atoms with E-state index in [1.165, 1.54) is 23.3 Å². The molecule has 3 aliphatic rings. The minimum Gasteiger partial charge on any atom is -0.340 e. The minimum absolute atomic E-state index is 0.263. The molecule has 5 rings (SSSR count). The van der Waals surface area contributed by atoms with E-state index in [9.17, 15) is 9.59 Å². The van der Waals surface area contributed by atoms with Crippen molar-refractivity contribution in [3.05, 3.63) is 77.1 Å². The number of likely N-dealkylation sites (N-methyl/N-ethyl adjacent to an activating group) is 1. The first-order chi connectivity index (χ1) is 17.3. The molecule has 2 aromatic carbocycles. The molecule has 2 fully saturated rings. The Bertz CT molecular complexity index is 1150. The molecule has 8 nitrogen and oxygen atoms in total. The molecular formula is C28H36N6O2. The summed E-state index contributed by atoms with van der Waals surface area (Å²) < 4.78 is 0. The van der Waals surface area contributed by atoms with E-state index in [-0.39, 0.29) is 17.9 Å². The van der Waals surface area contributed by atoms with Crippen LogP contribution in [0.2, 0.25) is 0 Å².